The van der Waals surface area contributed by atoms with E-state index in [0.717, 1.165) is 36.0 Å². The summed E-state index contributed by atoms with van der Waals surface area (Å²) in [5, 5.41) is 10.3. The third kappa shape index (κ3) is 7.66. The molecule has 2 fully saturated rings. The highest BCUT2D eigenvalue weighted by molar-refractivity contribution is 6.34. The lowest BCUT2D eigenvalue weighted by Crippen LogP contribution is -2.50. The first-order valence-corrected chi connectivity index (χ1v) is 14.7. The molecule has 40 heavy (non-hydrogen) atoms. The zero-order valence-corrected chi connectivity index (χ0v) is 24.4. The van der Waals surface area contributed by atoms with Gasteiger partial charge in [-0.2, -0.15) is 0 Å². The Morgan fingerprint density at radius 3 is 2.42 bits per heavy atom. The van der Waals surface area contributed by atoms with Crippen molar-refractivity contribution in [3.8, 4) is 0 Å². The number of hydrogen-bond acceptors (Lipinski definition) is 5. The van der Waals surface area contributed by atoms with Crippen molar-refractivity contribution in [3.05, 3.63) is 80.8 Å². The van der Waals surface area contributed by atoms with Crippen molar-refractivity contribution in [1.29, 1.82) is 0 Å². The van der Waals surface area contributed by atoms with Gasteiger partial charge in [-0.1, -0.05) is 46.9 Å². The Morgan fingerprint density at radius 2 is 1.65 bits per heavy atom. The van der Waals surface area contributed by atoms with Crippen LogP contribution in [0.5, 0.6) is 0 Å². The highest BCUT2D eigenvalue weighted by Crippen LogP contribution is 2.23. The highest BCUT2D eigenvalue weighted by Gasteiger charge is 2.31. The van der Waals surface area contributed by atoms with E-state index in [0.29, 0.717) is 66.3 Å². The fraction of sp³-hybridized carbons (Fsp3) is 0.400. The molecule has 2 N–H and O–H groups in total. The molecule has 2 aliphatic heterocycles. The van der Waals surface area contributed by atoms with Gasteiger partial charge in [0.2, 0.25) is 5.91 Å². The van der Waals surface area contributed by atoms with Gasteiger partial charge in [-0.15, -0.1) is 0 Å². The zero-order valence-electron chi connectivity index (χ0n) is 22.2. The number of morpholine rings is 1. The van der Waals surface area contributed by atoms with Crippen molar-refractivity contribution < 1.29 is 14.3 Å². The number of ether oxygens (including phenoxy) is 1. The second-order valence-electron chi connectivity index (χ2n) is 10.4. The average Bonchev–Trinajstić information content (AvgIpc) is 3.08. The van der Waals surface area contributed by atoms with Crippen LogP contribution in [0.2, 0.25) is 15.1 Å². The molecule has 2 amide bonds. The molecule has 2 heterocycles. The van der Waals surface area contributed by atoms with E-state index in [1.165, 1.54) is 0 Å². The minimum Gasteiger partial charge on any atom is -0.379 e. The van der Waals surface area contributed by atoms with Crippen LogP contribution in [0.4, 0.5) is 0 Å². The molecule has 3 aromatic rings. The van der Waals surface area contributed by atoms with Gasteiger partial charge in [0.1, 0.15) is 0 Å². The molecule has 212 valence electrons. The quantitative estimate of drug-likeness (QED) is 0.379. The standard InChI is InChI=1S/C30H33Cl3N4O3/c31-24-4-3-21-15-23(2-1-22(21)16-24)29(38)34-18-27-5-8-37(19-20-13-25(32)17-26(33)14-20)30(39)28(35-27)6-7-36-9-11-40-12-10-36/h1-4,13-17,27-28,35H,5-12,18-19H2,(H,34,38). The molecule has 7 nitrogen and oxygen atoms in total. The zero-order chi connectivity index (χ0) is 28.1. The van der Waals surface area contributed by atoms with Crippen LogP contribution in [-0.4, -0.2) is 79.6 Å². The number of fused-ring (bicyclic) bond motifs is 1. The number of hydrogen-bond donors (Lipinski definition) is 2. The van der Waals surface area contributed by atoms with E-state index in [1.54, 1.807) is 12.1 Å². The first-order chi connectivity index (χ1) is 19.3. The Labute approximate surface area is 249 Å². The SMILES string of the molecule is O=C(NCC1CCN(Cc2cc(Cl)cc(Cl)c2)C(=O)C(CCN2CCOCC2)N1)c1ccc2cc(Cl)ccc2c1. The summed E-state index contributed by atoms with van der Waals surface area (Å²) >= 11 is 18.5. The molecule has 2 saturated heterocycles. The lowest BCUT2D eigenvalue weighted by atomic mass is 10.1. The van der Waals surface area contributed by atoms with Crippen LogP contribution in [0.15, 0.2) is 54.6 Å². The monoisotopic (exact) mass is 602 g/mol. The van der Waals surface area contributed by atoms with Crippen LogP contribution in [-0.2, 0) is 16.1 Å². The molecule has 0 bridgehead atoms. The fourth-order valence-electron chi connectivity index (χ4n) is 5.34. The van der Waals surface area contributed by atoms with E-state index >= 15 is 0 Å². The van der Waals surface area contributed by atoms with E-state index in [-0.39, 0.29) is 23.9 Å². The van der Waals surface area contributed by atoms with Gasteiger partial charge in [0.15, 0.2) is 0 Å². The van der Waals surface area contributed by atoms with E-state index in [2.05, 4.69) is 15.5 Å². The number of benzene rings is 3. The van der Waals surface area contributed by atoms with Crippen LogP contribution >= 0.6 is 34.8 Å². The van der Waals surface area contributed by atoms with Crippen LogP contribution in [0.25, 0.3) is 10.8 Å². The lowest BCUT2D eigenvalue weighted by molar-refractivity contribution is -0.133. The Kier molecular flexibility index (Phi) is 9.84. The third-order valence-corrected chi connectivity index (χ3v) is 8.17. The number of halogens is 3. The second kappa shape index (κ2) is 13.5. The first kappa shape index (κ1) is 29.1. The van der Waals surface area contributed by atoms with Crippen molar-refractivity contribution in [2.24, 2.45) is 0 Å². The van der Waals surface area contributed by atoms with Gasteiger partial charge in [0.05, 0.1) is 19.3 Å². The van der Waals surface area contributed by atoms with Crippen molar-refractivity contribution >= 4 is 57.4 Å². The molecule has 5 rings (SSSR count). The minimum absolute atomic E-state index is 0.0476. The molecular weight excluding hydrogens is 571 g/mol. The number of nitrogens with one attached hydrogen (secondary N) is 2. The first-order valence-electron chi connectivity index (χ1n) is 13.6. The molecule has 0 radical (unpaired) electrons. The van der Waals surface area contributed by atoms with Crippen LogP contribution in [0, 0.1) is 0 Å². The van der Waals surface area contributed by atoms with Gasteiger partial charge < -0.3 is 20.3 Å². The van der Waals surface area contributed by atoms with E-state index in [4.69, 9.17) is 39.5 Å². The number of rotatable bonds is 8. The Morgan fingerprint density at radius 1 is 0.925 bits per heavy atom. The van der Waals surface area contributed by atoms with Crippen molar-refractivity contribution in [1.82, 2.24) is 20.4 Å². The molecule has 10 heteroatoms. The molecule has 0 aromatic heterocycles. The van der Waals surface area contributed by atoms with Crippen molar-refractivity contribution in [2.75, 3.05) is 45.9 Å². The van der Waals surface area contributed by atoms with Gasteiger partial charge >= 0.3 is 0 Å². The summed E-state index contributed by atoms with van der Waals surface area (Å²) in [7, 11) is 0. The van der Waals surface area contributed by atoms with E-state index < -0.39 is 0 Å². The summed E-state index contributed by atoms with van der Waals surface area (Å²) < 4.78 is 5.47. The summed E-state index contributed by atoms with van der Waals surface area (Å²) in [6.45, 7) is 5.34. The molecule has 0 spiro atoms. The number of nitrogens with zero attached hydrogens (tertiary/aromatic N) is 2. The van der Waals surface area contributed by atoms with Crippen LogP contribution < -0.4 is 10.6 Å². The summed E-state index contributed by atoms with van der Waals surface area (Å²) in [5.74, 6) is -0.101. The topological polar surface area (TPSA) is 73.9 Å². The minimum atomic E-state index is -0.368. The number of carbonyl (C=O) groups is 2. The van der Waals surface area contributed by atoms with Crippen molar-refractivity contribution in [2.45, 2.75) is 31.5 Å². The fourth-order valence-corrected chi connectivity index (χ4v) is 6.09. The maximum Gasteiger partial charge on any atom is 0.251 e. The molecule has 2 aliphatic rings. The summed E-state index contributed by atoms with van der Waals surface area (Å²) in [6.07, 6.45) is 1.37. The van der Waals surface area contributed by atoms with Gasteiger partial charge in [-0.25, -0.2) is 0 Å². The summed E-state index contributed by atoms with van der Waals surface area (Å²) in [6, 6.07) is 16.1. The number of carbonyl (C=O) groups excluding carboxylic acids is 2. The second-order valence-corrected chi connectivity index (χ2v) is 11.7. The molecule has 2 unspecified atom stereocenters. The molecule has 2 atom stereocenters. The van der Waals surface area contributed by atoms with Gasteiger partial charge in [-0.05, 0) is 71.6 Å². The van der Waals surface area contributed by atoms with Crippen molar-refractivity contribution in [3.63, 3.8) is 0 Å². The van der Waals surface area contributed by atoms with Crippen LogP contribution in [0.1, 0.15) is 28.8 Å². The Hall–Kier alpha value is -2.39. The summed E-state index contributed by atoms with van der Waals surface area (Å²) in [4.78, 5) is 30.9. The lowest BCUT2D eigenvalue weighted by Gasteiger charge is -2.30. The Bertz CT molecular complexity index is 1350. The molecule has 0 saturated carbocycles. The maximum atomic E-state index is 13.7. The average molecular weight is 604 g/mol. The van der Waals surface area contributed by atoms with Gasteiger partial charge in [0.25, 0.3) is 5.91 Å². The third-order valence-electron chi connectivity index (χ3n) is 7.50. The van der Waals surface area contributed by atoms with E-state index in [9.17, 15) is 9.59 Å². The number of amides is 2. The van der Waals surface area contributed by atoms with Crippen LogP contribution in [0.3, 0.4) is 0 Å². The van der Waals surface area contributed by atoms with Gasteiger partial charge in [0, 0.05) is 65.9 Å². The van der Waals surface area contributed by atoms with E-state index in [1.807, 2.05) is 47.4 Å². The normalized spacial score (nSPS) is 20.5. The Balaban J connectivity index is 1.26. The largest absolute Gasteiger partial charge is 0.379 e. The smallest absolute Gasteiger partial charge is 0.251 e. The molecule has 3 aromatic carbocycles. The maximum absolute atomic E-state index is 13.7. The highest BCUT2D eigenvalue weighted by atomic mass is 35.5. The predicted octanol–water partition coefficient (Wildman–Crippen LogP) is 5.01. The molecular formula is C30H33Cl3N4O3. The van der Waals surface area contributed by atoms with Gasteiger partial charge in [-0.3, -0.25) is 14.5 Å². The summed E-state index contributed by atoms with van der Waals surface area (Å²) in [5.41, 5.74) is 1.48. The molecule has 0 aliphatic carbocycles. The predicted molar refractivity (Wildman–Crippen MR) is 160 cm³/mol.